The van der Waals surface area contributed by atoms with E-state index in [9.17, 15) is 0 Å². The predicted molar refractivity (Wildman–Crippen MR) is 100 cm³/mol. The molecule has 3 aromatic rings. The van der Waals surface area contributed by atoms with Crippen LogP contribution in [0.1, 0.15) is 30.2 Å². The highest BCUT2D eigenvalue weighted by atomic mass is 35.5. The lowest BCUT2D eigenvalue weighted by Crippen LogP contribution is -2.03. The third-order valence-electron chi connectivity index (χ3n) is 4.34. The van der Waals surface area contributed by atoms with Gasteiger partial charge in [0.05, 0.1) is 0 Å². The number of pyridine rings is 1. The van der Waals surface area contributed by atoms with Crippen molar-refractivity contribution in [1.29, 1.82) is 0 Å². The summed E-state index contributed by atoms with van der Waals surface area (Å²) in [5.41, 5.74) is 4.48. The number of hydrogen-bond acceptors (Lipinski definition) is 2. The SMILES string of the molecule is CCCn1c(C)c(C)c2ccnc(OCc3ccc(Cl)cc3Cl)c21. The maximum Gasteiger partial charge on any atom is 0.238 e. The van der Waals surface area contributed by atoms with Crippen LogP contribution in [-0.4, -0.2) is 9.55 Å². The van der Waals surface area contributed by atoms with Gasteiger partial charge < -0.3 is 9.30 Å². The molecule has 0 fully saturated rings. The van der Waals surface area contributed by atoms with Gasteiger partial charge in [-0.15, -0.1) is 0 Å². The van der Waals surface area contributed by atoms with Crippen molar-refractivity contribution in [3.8, 4) is 5.88 Å². The first-order valence-electron chi connectivity index (χ1n) is 8.04. The monoisotopic (exact) mass is 362 g/mol. The van der Waals surface area contributed by atoms with E-state index >= 15 is 0 Å². The van der Waals surface area contributed by atoms with Crippen molar-refractivity contribution < 1.29 is 4.74 Å². The van der Waals surface area contributed by atoms with E-state index < -0.39 is 0 Å². The summed E-state index contributed by atoms with van der Waals surface area (Å²) in [6.07, 6.45) is 2.85. The van der Waals surface area contributed by atoms with Crippen molar-refractivity contribution in [2.24, 2.45) is 0 Å². The van der Waals surface area contributed by atoms with Gasteiger partial charge in [0.2, 0.25) is 5.88 Å². The molecule has 0 aliphatic carbocycles. The number of nitrogens with zero attached hydrogens (tertiary/aromatic N) is 2. The van der Waals surface area contributed by atoms with Gasteiger partial charge >= 0.3 is 0 Å². The van der Waals surface area contributed by atoms with E-state index in [1.54, 1.807) is 12.3 Å². The number of halogens is 2. The Bertz CT molecular complexity index is 887. The summed E-state index contributed by atoms with van der Waals surface area (Å²) < 4.78 is 8.31. The Labute approximate surface area is 152 Å². The maximum atomic E-state index is 6.23. The number of aromatic nitrogens is 2. The van der Waals surface area contributed by atoms with E-state index in [1.165, 1.54) is 16.6 Å². The molecule has 0 atom stereocenters. The van der Waals surface area contributed by atoms with E-state index in [0.29, 0.717) is 22.5 Å². The average molecular weight is 363 g/mol. The minimum Gasteiger partial charge on any atom is -0.471 e. The van der Waals surface area contributed by atoms with Gasteiger partial charge in [-0.3, -0.25) is 0 Å². The quantitative estimate of drug-likeness (QED) is 0.560. The molecule has 1 aromatic carbocycles. The smallest absolute Gasteiger partial charge is 0.238 e. The molecule has 126 valence electrons. The van der Waals surface area contributed by atoms with Crippen molar-refractivity contribution in [2.45, 2.75) is 40.3 Å². The lowest BCUT2D eigenvalue weighted by Gasteiger charge is -2.12. The van der Waals surface area contributed by atoms with Crippen LogP contribution in [-0.2, 0) is 13.2 Å². The minimum atomic E-state index is 0.359. The number of ether oxygens (including phenoxy) is 1. The van der Waals surface area contributed by atoms with Gasteiger partial charge in [-0.05, 0) is 44.0 Å². The van der Waals surface area contributed by atoms with Crippen LogP contribution in [0.25, 0.3) is 10.9 Å². The van der Waals surface area contributed by atoms with Crippen molar-refractivity contribution in [2.75, 3.05) is 0 Å². The standard InChI is InChI=1S/C19H20Cl2N2O/c1-4-9-23-13(3)12(2)16-7-8-22-19(18(16)23)24-11-14-5-6-15(20)10-17(14)21/h5-8,10H,4,9,11H2,1-3H3. The van der Waals surface area contributed by atoms with E-state index in [1.807, 2.05) is 18.2 Å². The molecule has 0 bridgehead atoms. The lowest BCUT2D eigenvalue weighted by molar-refractivity contribution is 0.296. The fraction of sp³-hybridized carbons (Fsp3) is 0.316. The predicted octanol–water partition coefficient (Wildman–Crippen LogP) is 5.95. The molecule has 0 saturated heterocycles. The third kappa shape index (κ3) is 3.11. The molecule has 3 rings (SSSR count). The number of hydrogen-bond donors (Lipinski definition) is 0. The van der Waals surface area contributed by atoms with Gasteiger partial charge in [0.25, 0.3) is 0 Å². The molecule has 0 saturated carbocycles. The number of rotatable bonds is 5. The first-order valence-corrected chi connectivity index (χ1v) is 8.79. The first kappa shape index (κ1) is 17.1. The summed E-state index contributed by atoms with van der Waals surface area (Å²) >= 11 is 12.2. The van der Waals surface area contributed by atoms with E-state index in [0.717, 1.165) is 24.0 Å². The molecule has 0 N–H and O–H groups in total. The molecule has 2 aromatic heterocycles. The molecule has 0 spiro atoms. The topological polar surface area (TPSA) is 27.1 Å². The molecule has 0 unspecified atom stereocenters. The molecule has 3 nitrogen and oxygen atoms in total. The summed E-state index contributed by atoms with van der Waals surface area (Å²) in [5, 5.41) is 2.41. The van der Waals surface area contributed by atoms with Gasteiger partial charge in [0.1, 0.15) is 12.1 Å². The van der Waals surface area contributed by atoms with Gasteiger partial charge in [0.15, 0.2) is 0 Å². The summed E-state index contributed by atoms with van der Waals surface area (Å²) in [6.45, 7) is 7.76. The van der Waals surface area contributed by atoms with E-state index in [4.69, 9.17) is 27.9 Å². The van der Waals surface area contributed by atoms with Crippen LogP contribution in [0.5, 0.6) is 5.88 Å². The molecule has 5 heteroatoms. The van der Waals surface area contributed by atoms with Crippen LogP contribution in [0.3, 0.4) is 0 Å². The van der Waals surface area contributed by atoms with Crippen LogP contribution in [0.2, 0.25) is 10.0 Å². The zero-order valence-electron chi connectivity index (χ0n) is 14.1. The second-order valence-corrected chi connectivity index (χ2v) is 6.74. The normalized spacial score (nSPS) is 11.2. The fourth-order valence-electron chi connectivity index (χ4n) is 2.96. The van der Waals surface area contributed by atoms with Gasteiger partial charge in [-0.25, -0.2) is 4.98 Å². The van der Waals surface area contributed by atoms with Gasteiger partial charge in [0, 0.05) is 39.4 Å². The Morgan fingerprint density at radius 2 is 1.96 bits per heavy atom. The van der Waals surface area contributed by atoms with Crippen molar-refractivity contribution in [1.82, 2.24) is 9.55 Å². The van der Waals surface area contributed by atoms with Crippen LogP contribution in [0.15, 0.2) is 30.5 Å². The van der Waals surface area contributed by atoms with E-state index in [2.05, 4.69) is 30.3 Å². The first-order chi connectivity index (χ1) is 11.5. The molecule has 0 amide bonds. The van der Waals surface area contributed by atoms with Crippen LogP contribution in [0, 0.1) is 13.8 Å². The Balaban J connectivity index is 1.98. The molecule has 0 radical (unpaired) electrons. The molecular weight excluding hydrogens is 343 g/mol. The Morgan fingerprint density at radius 3 is 2.67 bits per heavy atom. The summed E-state index contributed by atoms with van der Waals surface area (Å²) in [6, 6.07) is 7.47. The molecule has 0 aliphatic rings. The van der Waals surface area contributed by atoms with Crippen molar-refractivity contribution in [3.05, 3.63) is 57.3 Å². The second-order valence-electron chi connectivity index (χ2n) is 5.90. The largest absolute Gasteiger partial charge is 0.471 e. The summed E-state index contributed by atoms with van der Waals surface area (Å²) in [5.74, 6) is 0.642. The molecule has 24 heavy (non-hydrogen) atoms. The Kier molecular flexibility index (Phi) is 5.02. The van der Waals surface area contributed by atoms with Crippen molar-refractivity contribution in [3.63, 3.8) is 0 Å². The highest BCUT2D eigenvalue weighted by Crippen LogP contribution is 2.32. The maximum absolute atomic E-state index is 6.23. The minimum absolute atomic E-state index is 0.359. The average Bonchev–Trinajstić information content (AvgIpc) is 2.80. The Morgan fingerprint density at radius 1 is 1.17 bits per heavy atom. The van der Waals surface area contributed by atoms with Crippen molar-refractivity contribution >= 4 is 34.1 Å². The lowest BCUT2D eigenvalue weighted by atomic mass is 10.2. The van der Waals surface area contributed by atoms with Crippen LogP contribution >= 0.6 is 23.2 Å². The zero-order valence-corrected chi connectivity index (χ0v) is 15.6. The second kappa shape index (κ2) is 7.04. The van der Waals surface area contributed by atoms with Gasteiger partial charge in [-0.2, -0.15) is 0 Å². The molecule has 0 aliphatic heterocycles. The zero-order chi connectivity index (χ0) is 17.3. The van der Waals surface area contributed by atoms with Gasteiger partial charge in [-0.1, -0.05) is 36.2 Å². The van der Waals surface area contributed by atoms with Crippen LogP contribution < -0.4 is 4.74 Å². The summed E-state index contributed by atoms with van der Waals surface area (Å²) in [4.78, 5) is 4.45. The Hall–Kier alpha value is -1.71. The molecule has 2 heterocycles. The highest BCUT2D eigenvalue weighted by Gasteiger charge is 2.16. The number of aryl methyl sites for hydroxylation is 2. The number of fused-ring (bicyclic) bond motifs is 1. The summed E-state index contributed by atoms with van der Waals surface area (Å²) in [7, 11) is 0. The third-order valence-corrected chi connectivity index (χ3v) is 4.93. The number of benzene rings is 1. The highest BCUT2D eigenvalue weighted by molar-refractivity contribution is 6.35. The molecular formula is C19H20Cl2N2O. The van der Waals surface area contributed by atoms with Crippen LogP contribution in [0.4, 0.5) is 0 Å². The fourth-order valence-corrected chi connectivity index (χ4v) is 3.42. The van der Waals surface area contributed by atoms with E-state index in [-0.39, 0.29) is 0 Å².